The number of benzene rings is 2. The zero-order valence-corrected chi connectivity index (χ0v) is 16.6. The predicted molar refractivity (Wildman–Crippen MR) is 98.7 cm³/mol. The van der Waals surface area contributed by atoms with Crippen LogP contribution >= 0.6 is 0 Å². The van der Waals surface area contributed by atoms with E-state index in [0.29, 0.717) is 0 Å². The summed E-state index contributed by atoms with van der Waals surface area (Å²) >= 11 is 0. The molecule has 0 aliphatic heterocycles. The van der Waals surface area contributed by atoms with Gasteiger partial charge in [0.05, 0.1) is 5.76 Å². The molecule has 0 fully saturated rings. The summed E-state index contributed by atoms with van der Waals surface area (Å²) in [5.74, 6) is -0.0625. The second kappa shape index (κ2) is 9.77. The second-order valence-electron chi connectivity index (χ2n) is 5.47. The first-order chi connectivity index (χ1) is 11.5. The van der Waals surface area contributed by atoms with Gasteiger partial charge in [-0.3, -0.25) is 9.78 Å². The normalized spacial score (nSPS) is 10.4. The van der Waals surface area contributed by atoms with Crippen LogP contribution in [0.15, 0.2) is 72.6 Å². The number of aromatic nitrogens is 1. The molecule has 3 rings (SSSR count). The number of nitrogens with zero attached hydrogens (tertiary/aromatic N) is 1. The maximum atomic E-state index is 10.0. The molecule has 2 aromatic carbocycles. The van der Waals surface area contributed by atoms with Crippen LogP contribution in [-0.2, 0) is 24.9 Å². The largest absolute Gasteiger partial charge is 0.512 e. The van der Waals surface area contributed by atoms with Gasteiger partial charge in [-0.15, -0.1) is 17.7 Å². The molecule has 3 aromatic rings. The number of carbonyl (C=O) groups is 1. The van der Waals surface area contributed by atoms with Crippen molar-refractivity contribution in [2.45, 2.75) is 13.8 Å². The zero-order valence-electron chi connectivity index (χ0n) is 14.2. The van der Waals surface area contributed by atoms with Gasteiger partial charge in [0.15, 0.2) is 5.78 Å². The number of aliphatic hydroxyl groups is 1. The van der Waals surface area contributed by atoms with Crippen LogP contribution in [0.3, 0.4) is 0 Å². The summed E-state index contributed by atoms with van der Waals surface area (Å²) in [6, 6.07) is 18.4. The molecule has 0 unspecified atom stereocenters. The SMILES string of the molecule is CC(=O)/C=C(/C)O.[CH2-]c1ccccc1-c1cc2ccccc2cn1.[Ir]. The first-order valence-electron chi connectivity index (χ1n) is 7.61. The smallest absolute Gasteiger partial charge is 0.155 e. The first-order valence-corrected chi connectivity index (χ1v) is 7.61. The van der Waals surface area contributed by atoms with Gasteiger partial charge in [0, 0.05) is 38.1 Å². The van der Waals surface area contributed by atoms with E-state index in [1.54, 1.807) is 0 Å². The third-order valence-electron chi connectivity index (χ3n) is 3.34. The summed E-state index contributed by atoms with van der Waals surface area (Å²) in [5.41, 5.74) is 3.09. The zero-order chi connectivity index (χ0) is 17.5. The monoisotopic (exact) mass is 511 g/mol. The molecule has 1 N–H and O–H groups in total. The Morgan fingerprint density at radius 2 is 1.64 bits per heavy atom. The minimum atomic E-state index is -0.125. The van der Waals surface area contributed by atoms with Crippen LogP contribution in [0.5, 0.6) is 0 Å². The fourth-order valence-electron chi connectivity index (χ4n) is 2.30. The Morgan fingerprint density at radius 1 is 1.04 bits per heavy atom. The maximum absolute atomic E-state index is 10.0. The van der Waals surface area contributed by atoms with Crippen molar-refractivity contribution in [3.8, 4) is 11.3 Å². The molecule has 0 saturated carbocycles. The predicted octanol–water partition coefficient (Wildman–Crippen LogP) is 5.12. The molecule has 0 aliphatic rings. The summed E-state index contributed by atoms with van der Waals surface area (Å²) in [4.78, 5) is 14.5. The maximum Gasteiger partial charge on any atom is 0.155 e. The number of rotatable bonds is 2. The average molecular weight is 511 g/mol. The van der Waals surface area contributed by atoms with Gasteiger partial charge in [-0.05, 0) is 30.7 Å². The van der Waals surface area contributed by atoms with Gasteiger partial charge >= 0.3 is 0 Å². The van der Waals surface area contributed by atoms with E-state index in [9.17, 15) is 4.79 Å². The minimum absolute atomic E-state index is 0. The molecule has 1 radical (unpaired) electrons. The number of pyridine rings is 1. The topological polar surface area (TPSA) is 50.2 Å². The molecule has 0 amide bonds. The van der Waals surface area contributed by atoms with Crippen molar-refractivity contribution in [1.82, 2.24) is 4.98 Å². The average Bonchev–Trinajstić information content (AvgIpc) is 2.54. The van der Waals surface area contributed by atoms with Crippen molar-refractivity contribution >= 4 is 16.6 Å². The van der Waals surface area contributed by atoms with E-state index in [1.165, 1.54) is 25.3 Å². The Hall–Kier alpha value is -2.42. The van der Waals surface area contributed by atoms with Crippen LogP contribution in [0, 0.1) is 6.92 Å². The first kappa shape index (κ1) is 20.6. The Morgan fingerprint density at radius 3 is 2.20 bits per heavy atom. The molecule has 0 aliphatic carbocycles. The fraction of sp³-hybridized carbons (Fsp3) is 0.0952. The van der Waals surface area contributed by atoms with Crippen LogP contribution in [0.4, 0.5) is 0 Å². The molecule has 1 heterocycles. The number of hydrogen-bond acceptors (Lipinski definition) is 3. The van der Waals surface area contributed by atoms with E-state index in [2.05, 4.69) is 36.2 Å². The van der Waals surface area contributed by atoms with Gasteiger partial charge in [0.25, 0.3) is 0 Å². The molecule has 0 atom stereocenters. The standard InChI is InChI=1S/C16H12N.C5H8O2.Ir/c1-12-6-2-5-9-15(12)16-10-13-7-3-4-8-14(13)11-17-16;1-4(6)3-5(2)7;/h2-11H,1H2;3,6H,1-2H3;/q-1;;/b;4-3-;. The van der Waals surface area contributed by atoms with Crippen LogP contribution in [-0.4, -0.2) is 15.9 Å². The fourth-order valence-corrected chi connectivity index (χ4v) is 2.30. The Balaban J connectivity index is 0.000000339. The van der Waals surface area contributed by atoms with E-state index >= 15 is 0 Å². The molecule has 3 nitrogen and oxygen atoms in total. The van der Waals surface area contributed by atoms with E-state index in [0.717, 1.165) is 22.2 Å². The van der Waals surface area contributed by atoms with Gasteiger partial charge in [-0.25, -0.2) is 0 Å². The molecule has 0 saturated heterocycles. The van der Waals surface area contributed by atoms with Crippen molar-refractivity contribution in [3.63, 3.8) is 0 Å². The van der Waals surface area contributed by atoms with Gasteiger partial charge in [0.1, 0.15) is 0 Å². The number of aliphatic hydroxyl groups excluding tert-OH is 1. The Kier molecular flexibility index (Phi) is 8.06. The molecular formula is C21H20IrNO2-. The number of carbonyl (C=O) groups excluding carboxylic acids is 1. The van der Waals surface area contributed by atoms with Crippen LogP contribution < -0.4 is 0 Å². The summed E-state index contributed by atoms with van der Waals surface area (Å²) in [6.07, 6.45) is 3.08. The Bertz CT molecular complexity index is 884. The van der Waals surface area contributed by atoms with Crippen LogP contribution in [0.1, 0.15) is 19.4 Å². The van der Waals surface area contributed by atoms with Crippen LogP contribution in [0.2, 0.25) is 0 Å². The van der Waals surface area contributed by atoms with Gasteiger partial charge in [-0.2, -0.15) is 18.6 Å². The summed E-state index contributed by atoms with van der Waals surface area (Å²) < 4.78 is 0. The van der Waals surface area contributed by atoms with Crippen LogP contribution in [0.25, 0.3) is 22.0 Å². The summed E-state index contributed by atoms with van der Waals surface area (Å²) in [6.45, 7) is 6.89. The van der Waals surface area contributed by atoms with Gasteiger partial charge < -0.3 is 5.11 Å². The number of hydrogen-bond donors (Lipinski definition) is 1. The minimum Gasteiger partial charge on any atom is -0.512 e. The summed E-state index contributed by atoms with van der Waals surface area (Å²) in [5, 5.41) is 10.7. The van der Waals surface area contributed by atoms with Gasteiger partial charge in [0.2, 0.25) is 0 Å². The molecule has 1 aromatic heterocycles. The molecule has 0 bridgehead atoms. The second-order valence-corrected chi connectivity index (χ2v) is 5.47. The van der Waals surface area contributed by atoms with Crippen molar-refractivity contribution in [3.05, 3.63) is 85.1 Å². The van der Waals surface area contributed by atoms with Crippen molar-refractivity contribution in [2.75, 3.05) is 0 Å². The third kappa shape index (κ3) is 6.18. The van der Waals surface area contributed by atoms with Crippen molar-refractivity contribution in [1.29, 1.82) is 0 Å². The number of ketones is 1. The van der Waals surface area contributed by atoms with Crippen molar-refractivity contribution < 1.29 is 30.0 Å². The van der Waals surface area contributed by atoms with E-state index in [1.807, 2.05) is 36.5 Å². The van der Waals surface area contributed by atoms with Crippen molar-refractivity contribution in [2.24, 2.45) is 0 Å². The molecule has 0 spiro atoms. The van der Waals surface area contributed by atoms with Gasteiger partial charge in [-0.1, -0.05) is 30.3 Å². The molecular weight excluding hydrogens is 490 g/mol. The number of allylic oxidation sites excluding steroid dienone is 2. The number of fused-ring (bicyclic) bond motifs is 1. The van der Waals surface area contributed by atoms with E-state index in [-0.39, 0.29) is 31.6 Å². The molecule has 4 heteroatoms. The third-order valence-corrected chi connectivity index (χ3v) is 3.34. The molecule has 25 heavy (non-hydrogen) atoms. The van der Waals surface area contributed by atoms with E-state index < -0.39 is 0 Å². The Labute approximate surface area is 161 Å². The summed E-state index contributed by atoms with van der Waals surface area (Å²) in [7, 11) is 0. The molecule has 131 valence electrons. The quantitative estimate of drug-likeness (QED) is 0.296. The van der Waals surface area contributed by atoms with E-state index in [4.69, 9.17) is 5.11 Å².